The third-order valence-electron chi connectivity index (χ3n) is 4.41. The first-order valence-electron chi connectivity index (χ1n) is 7.96. The van der Waals surface area contributed by atoms with E-state index in [2.05, 4.69) is 29.3 Å². The largest absolute Gasteiger partial charge is 0.360 e. The van der Waals surface area contributed by atoms with Crippen molar-refractivity contribution in [3.05, 3.63) is 29.8 Å². The second kappa shape index (κ2) is 6.94. The number of carbonyl (C=O) groups is 1. The fourth-order valence-electron chi connectivity index (χ4n) is 2.83. The minimum Gasteiger partial charge on any atom is -0.360 e. The molecule has 3 atom stereocenters. The summed E-state index contributed by atoms with van der Waals surface area (Å²) in [6.45, 7) is 6.97. The SMILES string of the molecule is CCC(C)NC(=O)C(C)N1CCCC(N)c2ccccc21. The zero-order valence-corrected chi connectivity index (χ0v) is 13.3. The summed E-state index contributed by atoms with van der Waals surface area (Å²) in [5.74, 6) is 0.0922. The lowest BCUT2D eigenvalue weighted by Crippen LogP contribution is -2.48. The van der Waals surface area contributed by atoms with Gasteiger partial charge in [-0.2, -0.15) is 0 Å². The Kier molecular flexibility index (Phi) is 5.23. The minimum atomic E-state index is -0.176. The highest BCUT2D eigenvalue weighted by atomic mass is 16.2. The van der Waals surface area contributed by atoms with Gasteiger partial charge in [-0.3, -0.25) is 4.79 Å². The van der Waals surface area contributed by atoms with Crippen LogP contribution in [0.4, 0.5) is 5.69 Å². The molecule has 0 saturated carbocycles. The van der Waals surface area contributed by atoms with Crippen molar-refractivity contribution in [2.45, 2.75) is 58.2 Å². The molecule has 21 heavy (non-hydrogen) atoms. The van der Waals surface area contributed by atoms with Crippen LogP contribution >= 0.6 is 0 Å². The Morgan fingerprint density at radius 1 is 1.43 bits per heavy atom. The van der Waals surface area contributed by atoms with Gasteiger partial charge in [-0.25, -0.2) is 0 Å². The molecular formula is C17H27N3O. The van der Waals surface area contributed by atoms with Gasteiger partial charge in [0.05, 0.1) is 0 Å². The van der Waals surface area contributed by atoms with Gasteiger partial charge in [0.25, 0.3) is 0 Å². The van der Waals surface area contributed by atoms with Crippen LogP contribution in [0, 0.1) is 0 Å². The molecule has 4 nitrogen and oxygen atoms in total. The maximum Gasteiger partial charge on any atom is 0.242 e. The number of hydrogen-bond donors (Lipinski definition) is 2. The second-order valence-electron chi connectivity index (χ2n) is 5.99. The summed E-state index contributed by atoms with van der Waals surface area (Å²) in [6.07, 6.45) is 2.92. The number of para-hydroxylation sites is 1. The van der Waals surface area contributed by atoms with E-state index in [1.165, 1.54) is 0 Å². The highest BCUT2D eigenvalue weighted by molar-refractivity contribution is 5.85. The quantitative estimate of drug-likeness (QED) is 0.895. The van der Waals surface area contributed by atoms with Crippen molar-refractivity contribution in [1.82, 2.24) is 5.32 Å². The van der Waals surface area contributed by atoms with Crippen LogP contribution in [0.3, 0.4) is 0 Å². The molecule has 1 aromatic rings. The Balaban J connectivity index is 2.22. The minimum absolute atomic E-state index is 0.0658. The van der Waals surface area contributed by atoms with E-state index < -0.39 is 0 Å². The summed E-state index contributed by atoms with van der Waals surface area (Å²) in [7, 11) is 0. The van der Waals surface area contributed by atoms with Crippen LogP contribution in [-0.4, -0.2) is 24.5 Å². The predicted octanol–water partition coefficient (Wildman–Crippen LogP) is 2.59. The molecule has 1 aliphatic heterocycles. The van der Waals surface area contributed by atoms with E-state index in [-0.39, 0.29) is 24.0 Å². The molecule has 0 saturated heterocycles. The average Bonchev–Trinajstić information content (AvgIpc) is 2.66. The van der Waals surface area contributed by atoms with Crippen molar-refractivity contribution >= 4 is 11.6 Å². The molecule has 0 aromatic heterocycles. The van der Waals surface area contributed by atoms with Gasteiger partial charge in [-0.1, -0.05) is 25.1 Å². The van der Waals surface area contributed by atoms with Gasteiger partial charge in [0.2, 0.25) is 5.91 Å². The number of fused-ring (bicyclic) bond motifs is 1. The van der Waals surface area contributed by atoms with Crippen LogP contribution < -0.4 is 16.0 Å². The van der Waals surface area contributed by atoms with Crippen LogP contribution in [0.5, 0.6) is 0 Å². The topological polar surface area (TPSA) is 58.4 Å². The number of nitrogens with zero attached hydrogens (tertiary/aromatic N) is 1. The molecule has 0 aliphatic carbocycles. The monoisotopic (exact) mass is 289 g/mol. The van der Waals surface area contributed by atoms with E-state index in [9.17, 15) is 4.79 Å². The normalized spacial score (nSPS) is 21.1. The lowest BCUT2D eigenvalue weighted by molar-refractivity contribution is -0.122. The van der Waals surface area contributed by atoms with E-state index in [1.54, 1.807) is 0 Å². The number of nitrogens with one attached hydrogen (secondary N) is 1. The van der Waals surface area contributed by atoms with Gasteiger partial charge in [0, 0.05) is 24.3 Å². The molecular weight excluding hydrogens is 262 g/mol. The highest BCUT2D eigenvalue weighted by Gasteiger charge is 2.27. The highest BCUT2D eigenvalue weighted by Crippen LogP contribution is 2.32. The van der Waals surface area contributed by atoms with Crippen LogP contribution in [0.25, 0.3) is 0 Å². The molecule has 116 valence electrons. The van der Waals surface area contributed by atoms with E-state index >= 15 is 0 Å². The number of amides is 1. The van der Waals surface area contributed by atoms with Crippen LogP contribution in [0.1, 0.15) is 51.6 Å². The standard InChI is InChI=1S/C17H27N3O/c1-4-12(2)19-17(21)13(3)20-11-7-9-15(18)14-8-5-6-10-16(14)20/h5-6,8,10,12-13,15H,4,7,9,11,18H2,1-3H3,(H,19,21). The lowest BCUT2D eigenvalue weighted by atomic mass is 10.0. The van der Waals surface area contributed by atoms with Crippen molar-refractivity contribution in [2.75, 3.05) is 11.4 Å². The van der Waals surface area contributed by atoms with Gasteiger partial charge in [0.15, 0.2) is 0 Å². The zero-order chi connectivity index (χ0) is 15.4. The summed E-state index contributed by atoms with van der Waals surface area (Å²) < 4.78 is 0. The molecule has 1 aliphatic rings. The van der Waals surface area contributed by atoms with E-state index in [0.29, 0.717) is 0 Å². The van der Waals surface area contributed by atoms with E-state index in [4.69, 9.17) is 5.73 Å². The van der Waals surface area contributed by atoms with Crippen LogP contribution in [-0.2, 0) is 4.79 Å². The van der Waals surface area contributed by atoms with Crippen LogP contribution in [0.15, 0.2) is 24.3 Å². The molecule has 0 spiro atoms. The summed E-state index contributed by atoms with van der Waals surface area (Å²) in [5.41, 5.74) is 8.52. The molecule has 1 amide bonds. The Bertz CT molecular complexity index is 489. The Labute approximate surface area is 127 Å². The maximum atomic E-state index is 12.4. The molecule has 4 heteroatoms. The van der Waals surface area contributed by atoms with E-state index in [1.807, 2.05) is 26.0 Å². The lowest BCUT2D eigenvalue weighted by Gasteiger charge is -2.31. The van der Waals surface area contributed by atoms with Crippen molar-refractivity contribution in [2.24, 2.45) is 5.73 Å². The Hall–Kier alpha value is -1.55. The van der Waals surface area contributed by atoms with Gasteiger partial charge >= 0.3 is 0 Å². The molecule has 0 fully saturated rings. The molecule has 3 N–H and O–H groups in total. The maximum absolute atomic E-state index is 12.4. The van der Waals surface area contributed by atoms with Gasteiger partial charge < -0.3 is 16.0 Å². The number of carbonyl (C=O) groups excluding carboxylic acids is 1. The first kappa shape index (κ1) is 15.8. The number of nitrogens with two attached hydrogens (primary N) is 1. The van der Waals surface area contributed by atoms with Crippen molar-refractivity contribution in [3.8, 4) is 0 Å². The average molecular weight is 289 g/mol. The molecule has 1 aromatic carbocycles. The molecule has 1 heterocycles. The van der Waals surface area contributed by atoms with Crippen LogP contribution in [0.2, 0.25) is 0 Å². The smallest absolute Gasteiger partial charge is 0.242 e. The van der Waals surface area contributed by atoms with E-state index in [0.717, 1.165) is 37.1 Å². The summed E-state index contributed by atoms with van der Waals surface area (Å²) in [6, 6.07) is 8.30. The molecule has 2 rings (SSSR count). The van der Waals surface area contributed by atoms with Gasteiger partial charge in [-0.05, 0) is 44.7 Å². The summed E-state index contributed by atoms with van der Waals surface area (Å²) in [4.78, 5) is 14.6. The third-order valence-corrected chi connectivity index (χ3v) is 4.41. The first-order valence-corrected chi connectivity index (χ1v) is 7.96. The Morgan fingerprint density at radius 2 is 2.14 bits per heavy atom. The third kappa shape index (κ3) is 3.56. The van der Waals surface area contributed by atoms with Crippen molar-refractivity contribution in [3.63, 3.8) is 0 Å². The Morgan fingerprint density at radius 3 is 2.86 bits per heavy atom. The van der Waals surface area contributed by atoms with Gasteiger partial charge in [-0.15, -0.1) is 0 Å². The van der Waals surface area contributed by atoms with Crippen molar-refractivity contribution < 1.29 is 4.79 Å². The van der Waals surface area contributed by atoms with Crippen molar-refractivity contribution in [1.29, 1.82) is 0 Å². The number of benzene rings is 1. The number of anilines is 1. The second-order valence-corrected chi connectivity index (χ2v) is 5.99. The fourth-order valence-corrected chi connectivity index (χ4v) is 2.83. The summed E-state index contributed by atoms with van der Waals surface area (Å²) >= 11 is 0. The molecule has 0 radical (unpaired) electrons. The summed E-state index contributed by atoms with van der Waals surface area (Å²) in [5, 5.41) is 3.08. The first-order chi connectivity index (χ1) is 10.0. The zero-order valence-electron chi connectivity index (χ0n) is 13.3. The molecule has 3 unspecified atom stereocenters. The number of rotatable bonds is 4. The predicted molar refractivity (Wildman–Crippen MR) is 87.3 cm³/mol. The fraction of sp³-hybridized carbons (Fsp3) is 0.588. The number of hydrogen-bond acceptors (Lipinski definition) is 3. The molecule has 0 bridgehead atoms. The van der Waals surface area contributed by atoms with Gasteiger partial charge in [0.1, 0.15) is 6.04 Å².